The molecule has 0 unspecified atom stereocenters. The lowest BCUT2D eigenvalue weighted by atomic mass is 10.1. The van der Waals surface area contributed by atoms with Crippen LogP contribution in [-0.4, -0.2) is 19.7 Å². The third-order valence-electron chi connectivity index (χ3n) is 4.46. The summed E-state index contributed by atoms with van der Waals surface area (Å²) in [6.07, 6.45) is 1.58. The van der Waals surface area contributed by atoms with Crippen LogP contribution in [0.3, 0.4) is 0 Å². The van der Waals surface area contributed by atoms with E-state index >= 15 is 0 Å². The highest BCUT2D eigenvalue weighted by Crippen LogP contribution is 2.19. The maximum atomic E-state index is 12.9. The molecular formula is C21H17N5O. The molecule has 6 heteroatoms. The highest BCUT2D eigenvalue weighted by atomic mass is 16.1. The zero-order valence-corrected chi connectivity index (χ0v) is 14.9. The summed E-state index contributed by atoms with van der Waals surface area (Å²) in [5, 5.41) is 12.7. The maximum Gasteiger partial charge on any atom is 0.278 e. The summed E-state index contributed by atoms with van der Waals surface area (Å²) < 4.78 is 1.48. The highest BCUT2D eigenvalue weighted by Gasteiger charge is 2.14. The minimum atomic E-state index is -0.208. The number of benzene rings is 2. The molecule has 132 valence electrons. The van der Waals surface area contributed by atoms with Crippen molar-refractivity contribution in [2.45, 2.75) is 13.8 Å². The van der Waals surface area contributed by atoms with Gasteiger partial charge in [0.25, 0.3) is 5.56 Å². The highest BCUT2D eigenvalue weighted by molar-refractivity contribution is 5.90. The van der Waals surface area contributed by atoms with Crippen molar-refractivity contribution in [3.8, 4) is 11.8 Å². The van der Waals surface area contributed by atoms with E-state index in [1.54, 1.807) is 6.08 Å². The molecule has 4 aromatic rings. The molecule has 0 saturated heterocycles. The number of nitrogens with one attached hydrogen (secondary N) is 2. The number of rotatable bonds is 3. The van der Waals surface area contributed by atoms with Gasteiger partial charge in [0.15, 0.2) is 0 Å². The Balaban J connectivity index is 1.81. The number of H-pyrrole nitrogens is 2. The average molecular weight is 355 g/mol. The lowest BCUT2D eigenvalue weighted by molar-refractivity contribution is 0.835. The molecular weight excluding hydrogens is 338 g/mol. The second-order valence-electron chi connectivity index (χ2n) is 6.40. The SMILES string of the molecule is Cc1ccc(-n2[nH]c(C)c(/C=C(/C#N)c3nc4ccccc4[nH]3)c2=O)cc1. The van der Waals surface area contributed by atoms with Gasteiger partial charge in [-0.05, 0) is 44.2 Å². The van der Waals surface area contributed by atoms with E-state index in [1.165, 1.54) is 4.68 Å². The number of allylic oxidation sites excluding steroid dienone is 1. The lowest BCUT2D eigenvalue weighted by Gasteiger charge is -2.01. The number of aromatic amines is 2. The van der Waals surface area contributed by atoms with Gasteiger partial charge in [-0.2, -0.15) is 5.26 Å². The number of hydrogen-bond donors (Lipinski definition) is 2. The summed E-state index contributed by atoms with van der Waals surface area (Å²) in [6, 6.07) is 17.4. The molecule has 0 fully saturated rings. The Kier molecular flexibility index (Phi) is 3.98. The molecule has 27 heavy (non-hydrogen) atoms. The van der Waals surface area contributed by atoms with Crippen molar-refractivity contribution >= 4 is 22.7 Å². The first kappa shape index (κ1) is 16.6. The number of para-hydroxylation sites is 2. The second kappa shape index (κ2) is 6.46. The van der Waals surface area contributed by atoms with Crippen molar-refractivity contribution in [3.05, 3.63) is 81.5 Å². The zero-order chi connectivity index (χ0) is 19.0. The van der Waals surface area contributed by atoms with Crippen LogP contribution in [0.1, 0.15) is 22.6 Å². The smallest absolute Gasteiger partial charge is 0.278 e. The molecule has 2 N–H and O–H groups in total. The molecule has 0 aliphatic heterocycles. The van der Waals surface area contributed by atoms with Gasteiger partial charge in [0.05, 0.1) is 27.9 Å². The van der Waals surface area contributed by atoms with Gasteiger partial charge < -0.3 is 4.98 Å². The van der Waals surface area contributed by atoms with Gasteiger partial charge in [-0.15, -0.1) is 0 Å². The minimum Gasteiger partial charge on any atom is -0.337 e. The van der Waals surface area contributed by atoms with Crippen LogP contribution in [0.4, 0.5) is 0 Å². The summed E-state index contributed by atoms with van der Waals surface area (Å²) >= 11 is 0. The largest absolute Gasteiger partial charge is 0.337 e. The first-order valence-electron chi connectivity index (χ1n) is 8.52. The number of fused-ring (bicyclic) bond motifs is 1. The first-order chi connectivity index (χ1) is 13.1. The molecule has 0 saturated carbocycles. The van der Waals surface area contributed by atoms with Gasteiger partial charge >= 0.3 is 0 Å². The second-order valence-corrected chi connectivity index (χ2v) is 6.40. The van der Waals surface area contributed by atoms with E-state index in [0.717, 1.165) is 22.3 Å². The van der Waals surface area contributed by atoms with Gasteiger partial charge in [0.2, 0.25) is 0 Å². The Hall–Kier alpha value is -3.85. The van der Waals surface area contributed by atoms with Gasteiger partial charge in [-0.1, -0.05) is 29.8 Å². The molecule has 2 heterocycles. The predicted molar refractivity (Wildman–Crippen MR) is 105 cm³/mol. The van der Waals surface area contributed by atoms with E-state index in [-0.39, 0.29) is 5.56 Å². The van der Waals surface area contributed by atoms with Crippen molar-refractivity contribution in [3.63, 3.8) is 0 Å². The van der Waals surface area contributed by atoms with E-state index in [0.29, 0.717) is 22.7 Å². The minimum absolute atomic E-state index is 0.208. The third-order valence-corrected chi connectivity index (χ3v) is 4.46. The number of hydrogen-bond acceptors (Lipinski definition) is 3. The molecule has 0 atom stereocenters. The maximum absolute atomic E-state index is 12.9. The van der Waals surface area contributed by atoms with E-state index in [1.807, 2.05) is 62.4 Å². The molecule has 0 amide bonds. The fourth-order valence-corrected chi connectivity index (χ4v) is 2.98. The Morgan fingerprint density at radius 3 is 2.59 bits per heavy atom. The van der Waals surface area contributed by atoms with Crippen LogP contribution >= 0.6 is 0 Å². The number of imidazole rings is 1. The van der Waals surface area contributed by atoms with E-state index in [4.69, 9.17) is 0 Å². The van der Waals surface area contributed by atoms with Gasteiger partial charge in [0, 0.05) is 5.69 Å². The van der Waals surface area contributed by atoms with Crippen LogP contribution in [0.25, 0.3) is 28.4 Å². The van der Waals surface area contributed by atoms with Crippen LogP contribution in [0.5, 0.6) is 0 Å². The number of aryl methyl sites for hydroxylation is 2. The lowest BCUT2D eigenvalue weighted by Crippen LogP contribution is -2.15. The topological polar surface area (TPSA) is 90.3 Å². The summed E-state index contributed by atoms with van der Waals surface area (Å²) in [7, 11) is 0. The predicted octanol–water partition coefficient (Wildman–Crippen LogP) is 3.72. The van der Waals surface area contributed by atoms with Gasteiger partial charge in [0.1, 0.15) is 11.9 Å². The molecule has 0 spiro atoms. The van der Waals surface area contributed by atoms with Crippen molar-refractivity contribution in [2.24, 2.45) is 0 Å². The molecule has 0 aliphatic carbocycles. The molecule has 2 aromatic carbocycles. The molecule has 6 nitrogen and oxygen atoms in total. The van der Waals surface area contributed by atoms with Gasteiger partial charge in [-0.25, -0.2) is 9.67 Å². The van der Waals surface area contributed by atoms with Crippen LogP contribution in [0, 0.1) is 25.2 Å². The normalized spacial score (nSPS) is 11.7. The van der Waals surface area contributed by atoms with Crippen LogP contribution in [-0.2, 0) is 0 Å². The Morgan fingerprint density at radius 1 is 1.15 bits per heavy atom. The van der Waals surface area contributed by atoms with Crippen molar-refractivity contribution in [2.75, 3.05) is 0 Å². The number of aromatic nitrogens is 4. The quantitative estimate of drug-likeness (QED) is 0.549. The summed E-state index contributed by atoms with van der Waals surface area (Å²) in [6.45, 7) is 3.80. The average Bonchev–Trinajstić information content (AvgIpc) is 3.22. The first-order valence-corrected chi connectivity index (χ1v) is 8.52. The zero-order valence-electron chi connectivity index (χ0n) is 14.9. The summed E-state index contributed by atoms with van der Waals surface area (Å²) in [5.74, 6) is 0.445. The molecule has 2 aromatic heterocycles. The fourth-order valence-electron chi connectivity index (χ4n) is 2.98. The molecule has 4 rings (SSSR count). The van der Waals surface area contributed by atoms with Crippen LogP contribution in [0.2, 0.25) is 0 Å². The van der Waals surface area contributed by atoms with Crippen molar-refractivity contribution in [1.29, 1.82) is 5.26 Å². The fraction of sp³-hybridized carbons (Fsp3) is 0.0952. The number of nitrogens with zero attached hydrogens (tertiary/aromatic N) is 3. The van der Waals surface area contributed by atoms with E-state index in [9.17, 15) is 10.1 Å². The van der Waals surface area contributed by atoms with Gasteiger partial charge in [-0.3, -0.25) is 9.89 Å². The third kappa shape index (κ3) is 2.96. The molecule has 0 bridgehead atoms. The Labute approximate surface area is 155 Å². The van der Waals surface area contributed by atoms with Crippen molar-refractivity contribution < 1.29 is 0 Å². The molecule has 0 radical (unpaired) electrons. The standard InChI is InChI=1S/C21H17N5O/c1-13-7-9-16(10-8-13)26-21(27)17(14(2)25-26)11-15(12-22)20-23-18-5-3-4-6-19(18)24-20/h3-11,25H,1-2H3,(H,23,24)/b15-11-. The summed E-state index contributed by atoms with van der Waals surface area (Å²) in [4.78, 5) is 20.5. The Bertz CT molecular complexity index is 1230. The number of nitriles is 1. The Morgan fingerprint density at radius 2 is 1.89 bits per heavy atom. The summed E-state index contributed by atoms with van der Waals surface area (Å²) in [5.41, 5.74) is 4.70. The van der Waals surface area contributed by atoms with E-state index in [2.05, 4.69) is 21.1 Å². The van der Waals surface area contributed by atoms with Crippen LogP contribution in [0.15, 0.2) is 53.3 Å². The van der Waals surface area contributed by atoms with E-state index < -0.39 is 0 Å². The van der Waals surface area contributed by atoms with Crippen LogP contribution < -0.4 is 5.56 Å². The monoisotopic (exact) mass is 355 g/mol. The van der Waals surface area contributed by atoms with Crippen molar-refractivity contribution in [1.82, 2.24) is 19.7 Å². The molecule has 0 aliphatic rings.